The maximum Gasteiger partial charge on any atom is 0.0431 e. The van der Waals surface area contributed by atoms with Gasteiger partial charge in [0.2, 0.25) is 0 Å². The van der Waals surface area contributed by atoms with Gasteiger partial charge in [0.15, 0.2) is 0 Å². The fourth-order valence-electron chi connectivity index (χ4n) is 7.56. The molecule has 1 rings (SSSR count). The van der Waals surface area contributed by atoms with Crippen molar-refractivity contribution in [1.82, 2.24) is 0 Å². The van der Waals surface area contributed by atoms with Crippen LogP contribution in [0.3, 0.4) is 0 Å². The molecule has 38 heavy (non-hydrogen) atoms. The second-order valence-electron chi connectivity index (χ2n) is 13.0. The Labute approximate surface area is 240 Å². The van der Waals surface area contributed by atoms with Gasteiger partial charge < -0.3 is 10.2 Å². The summed E-state index contributed by atoms with van der Waals surface area (Å²) < 4.78 is 0. The third-order valence-corrected chi connectivity index (χ3v) is 9.87. The van der Waals surface area contributed by atoms with E-state index >= 15 is 0 Å². The molecular weight excluding hydrogens is 464 g/mol. The van der Waals surface area contributed by atoms with Crippen LogP contribution in [0.25, 0.3) is 0 Å². The Bertz CT molecular complexity index is 414. The predicted octanol–water partition coefficient (Wildman–Crippen LogP) is 11.4. The Morgan fingerprint density at radius 1 is 0.289 bits per heavy atom. The molecule has 0 spiro atoms. The van der Waals surface area contributed by atoms with E-state index in [1.54, 1.807) is 0 Å². The average Bonchev–Trinajstić information content (AvgIpc) is 2.92. The second kappa shape index (κ2) is 27.1. The van der Waals surface area contributed by atoms with E-state index in [-0.39, 0.29) is 0 Å². The molecule has 0 aliphatic heterocycles. The second-order valence-corrected chi connectivity index (χ2v) is 13.0. The Hall–Kier alpha value is -0.0800. The van der Waals surface area contributed by atoms with Gasteiger partial charge in [-0.3, -0.25) is 0 Å². The first kappa shape index (κ1) is 35.9. The van der Waals surface area contributed by atoms with Crippen LogP contribution >= 0.6 is 0 Å². The van der Waals surface area contributed by atoms with Crippen LogP contribution in [0, 0.1) is 23.7 Å². The summed E-state index contributed by atoms with van der Waals surface area (Å²) in [5.41, 5.74) is 0. The van der Waals surface area contributed by atoms with Crippen LogP contribution < -0.4 is 0 Å². The molecule has 0 unspecified atom stereocenters. The van der Waals surface area contributed by atoms with E-state index in [0.29, 0.717) is 13.2 Å². The van der Waals surface area contributed by atoms with Crippen molar-refractivity contribution in [3.63, 3.8) is 0 Å². The SMILES string of the molecule is CCCCCCCCC1C(CCCCCCCCO)C(CCCCCCCC)C1CCCCCCCCO. The molecular formula is C36H72O2. The van der Waals surface area contributed by atoms with Crippen LogP contribution in [0.2, 0.25) is 0 Å². The molecule has 0 heterocycles. The van der Waals surface area contributed by atoms with Gasteiger partial charge in [-0.1, -0.05) is 155 Å². The van der Waals surface area contributed by atoms with Crippen LogP contribution in [-0.4, -0.2) is 23.4 Å². The first-order valence-electron chi connectivity index (χ1n) is 18.0. The van der Waals surface area contributed by atoms with Crippen LogP contribution in [0.5, 0.6) is 0 Å². The van der Waals surface area contributed by atoms with Gasteiger partial charge in [0.25, 0.3) is 0 Å². The zero-order chi connectivity index (χ0) is 27.5. The first-order chi connectivity index (χ1) is 18.8. The molecule has 228 valence electrons. The monoisotopic (exact) mass is 537 g/mol. The van der Waals surface area contributed by atoms with Crippen LogP contribution in [-0.2, 0) is 0 Å². The summed E-state index contributed by atoms with van der Waals surface area (Å²) in [7, 11) is 0. The molecule has 0 radical (unpaired) electrons. The van der Waals surface area contributed by atoms with Gasteiger partial charge in [-0.25, -0.2) is 0 Å². The minimum absolute atomic E-state index is 0.367. The van der Waals surface area contributed by atoms with Gasteiger partial charge >= 0.3 is 0 Å². The molecule has 2 nitrogen and oxygen atoms in total. The Kier molecular flexibility index (Phi) is 25.6. The molecule has 0 bridgehead atoms. The quantitative estimate of drug-likeness (QED) is 0.0896. The normalized spacial score (nSPS) is 21.2. The fourth-order valence-corrected chi connectivity index (χ4v) is 7.56. The van der Waals surface area contributed by atoms with E-state index in [9.17, 15) is 0 Å². The highest BCUT2D eigenvalue weighted by molar-refractivity contribution is 4.96. The Morgan fingerprint density at radius 2 is 0.500 bits per heavy atom. The molecule has 0 aromatic heterocycles. The van der Waals surface area contributed by atoms with E-state index < -0.39 is 0 Å². The van der Waals surface area contributed by atoms with Crippen molar-refractivity contribution in [2.45, 2.75) is 194 Å². The first-order valence-corrected chi connectivity index (χ1v) is 18.0. The fraction of sp³-hybridized carbons (Fsp3) is 1.00. The number of unbranched alkanes of at least 4 members (excludes halogenated alkanes) is 20. The van der Waals surface area contributed by atoms with Crippen molar-refractivity contribution < 1.29 is 10.2 Å². The number of aliphatic hydroxyl groups excluding tert-OH is 2. The van der Waals surface area contributed by atoms with E-state index in [4.69, 9.17) is 10.2 Å². The van der Waals surface area contributed by atoms with Gasteiger partial charge in [-0.2, -0.15) is 0 Å². The van der Waals surface area contributed by atoms with Gasteiger partial charge in [0, 0.05) is 13.2 Å². The van der Waals surface area contributed by atoms with Gasteiger partial charge in [-0.05, 0) is 62.2 Å². The lowest BCUT2D eigenvalue weighted by Crippen LogP contribution is -2.46. The maximum absolute atomic E-state index is 9.04. The van der Waals surface area contributed by atoms with E-state index in [1.807, 2.05) is 0 Å². The molecule has 0 aromatic carbocycles. The van der Waals surface area contributed by atoms with Crippen molar-refractivity contribution in [3.05, 3.63) is 0 Å². The molecule has 0 aromatic rings. The highest BCUT2D eigenvalue weighted by Gasteiger charge is 2.47. The summed E-state index contributed by atoms with van der Waals surface area (Å²) in [4.78, 5) is 0. The third-order valence-electron chi connectivity index (χ3n) is 9.87. The van der Waals surface area contributed by atoms with E-state index in [2.05, 4.69) is 13.8 Å². The number of aliphatic hydroxyl groups is 2. The number of rotatable bonds is 30. The molecule has 2 N–H and O–H groups in total. The molecule has 1 aliphatic carbocycles. The summed E-state index contributed by atoms with van der Waals surface area (Å²) in [6, 6.07) is 0. The summed E-state index contributed by atoms with van der Waals surface area (Å²) in [6.45, 7) is 5.39. The summed E-state index contributed by atoms with van der Waals surface area (Å²) in [6.07, 6.45) is 38.8. The van der Waals surface area contributed by atoms with Crippen LogP contribution in [0.1, 0.15) is 194 Å². The largest absolute Gasteiger partial charge is 0.396 e. The van der Waals surface area contributed by atoms with Crippen LogP contribution in [0.4, 0.5) is 0 Å². The third kappa shape index (κ3) is 17.6. The van der Waals surface area contributed by atoms with Gasteiger partial charge in [0.05, 0.1) is 0 Å². The standard InChI is InChI=1S/C36H72O2/c1-3-5-7-9-15-21-27-33-35(29-23-17-11-13-19-25-31-37)34(28-22-16-10-8-6-4-2)36(33)30-24-18-12-14-20-26-32-38/h33-38H,3-32H2,1-2H3. The maximum atomic E-state index is 9.04. The lowest BCUT2D eigenvalue weighted by molar-refractivity contribution is -0.0486. The Balaban J connectivity index is 2.58. The van der Waals surface area contributed by atoms with Crippen molar-refractivity contribution in [1.29, 1.82) is 0 Å². The van der Waals surface area contributed by atoms with Gasteiger partial charge in [-0.15, -0.1) is 0 Å². The molecule has 2 heteroatoms. The zero-order valence-electron chi connectivity index (χ0n) is 26.4. The minimum Gasteiger partial charge on any atom is -0.396 e. The van der Waals surface area contributed by atoms with Crippen molar-refractivity contribution in [3.8, 4) is 0 Å². The summed E-state index contributed by atoms with van der Waals surface area (Å²) >= 11 is 0. The summed E-state index contributed by atoms with van der Waals surface area (Å²) in [5, 5.41) is 18.1. The topological polar surface area (TPSA) is 40.5 Å². The minimum atomic E-state index is 0.367. The lowest BCUT2D eigenvalue weighted by atomic mass is 9.51. The van der Waals surface area contributed by atoms with Crippen molar-refractivity contribution >= 4 is 0 Å². The van der Waals surface area contributed by atoms with E-state index in [0.717, 1.165) is 36.5 Å². The highest BCUT2D eigenvalue weighted by Crippen LogP contribution is 2.55. The number of hydrogen-bond acceptors (Lipinski definition) is 2. The number of hydrogen-bond donors (Lipinski definition) is 2. The highest BCUT2D eigenvalue weighted by atomic mass is 16.3. The Morgan fingerprint density at radius 3 is 0.737 bits per heavy atom. The predicted molar refractivity (Wildman–Crippen MR) is 169 cm³/mol. The molecule has 0 atom stereocenters. The average molecular weight is 537 g/mol. The zero-order valence-corrected chi connectivity index (χ0v) is 26.4. The van der Waals surface area contributed by atoms with Crippen molar-refractivity contribution in [2.24, 2.45) is 23.7 Å². The molecule has 1 fully saturated rings. The lowest BCUT2D eigenvalue weighted by Gasteiger charge is -2.54. The van der Waals surface area contributed by atoms with Gasteiger partial charge in [0.1, 0.15) is 0 Å². The molecule has 1 saturated carbocycles. The van der Waals surface area contributed by atoms with Crippen molar-refractivity contribution in [2.75, 3.05) is 13.2 Å². The summed E-state index contributed by atoms with van der Waals surface area (Å²) in [5.74, 6) is 4.09. The smallest absolute Gasteiger partial charge is 0.0431 e. The molecule has 1 aliphatic rings. The molecule has 0 saturated heterocycles. The molecule has 0 amide bonds. The van der Waals surface area contributed by atoms with E-state index in [1.165, 1.54) is 167 Å². The van der Waals surface area contributed by atoms with Crippen LogP contribution in [0.15, 0.2) is 0 Å².